The average Bonchev–Trinajstić information content (AvgIpc) is 2.35. The first kappa shape index (κ1) is 12.0. The van der Waals surface area contributed by atoms with Crippen LogP contribution in [0.2, 0.25) is 0 Å². The lowest BCUT2D eigenvalue weighted by Gasteiger charge is -2.06. The smallest absolute Gasteiger partial charge is 0.237 e. The van der Waals surface area contributed by atoms with Crippen LogP contribution in [0, 0.1) is 0 Å². The Balaban J connectivity index is 2.11. The van der Waals surface area contributed by atoms with Crippen molar-refractivity contribution in [2.24, 2.45) is 0 Å². The number of rotatable bonds is 4. The van der Waals surface area contributed by atoms with E-state index in [1.54, 1.807) is 12.4 Å². The Bertz CT molecular complexity index is 487. The van der Waals surface area contributed by atoms with E-state index >= 15 is 0 Å². The van der Waals surface area contributed by atoms with E-state index in [2.05, 4.69) is 31.2 Å². The van der Waals surface area contributed by atoms with Gasteiger partial charge in [0.2, 0.25) is 5.88 Å². The normalized spacial score (nSPS) is 10.2. The van der Waals surface area contributed by atoms with Crippen molar-refractivity contribution < 1.29 is 4.74 Å². The second-order valence-corrected chi connectivity index (χ2v) is 4.26. The molecule has 1 heterocycles. The van der Waals surface area contributed by atoms with E-state index in [1.807, 2.05) is 31.3 Å². The fourth-order valence-corrected chi connectivity index (χ4v) is 1.67. The van der Waals surface area contributed by atoms with E-state index in [4.69, 9.17) is 4.74 Å². The minimum Gasteiger partial charge on any atom is -0.436 e. The van der Waals surface area contributed by atoms with Crippen molar-refractivity contribution in [1.82, 2.24) is 15.3 Å². The molecule has 0 saturated heterocycles. The van der Waals surface area contributed by atoms with Crippen LogP contribution >= 0.6 is 15.9 Å². The fraction of sp³-hybridized carbons (Fsp3) is 0.167. The van der Waals surface area contributed by atoms with Gasteiger partial charge >= 0.3 is 0 Å². The lowest BCUT2D eigenvalue weighted by atomic mass is 10.3. The molecule has 1 N–H and O–H groups in total. The molecule has 0 radical (unpaired) electrons. The molecule has 0 fully saturated rings. The second-order valence-electron chi connectivity index (χ2n) is 3.41. The van der Waals surface area contributed by atoms with Crippen LogP contribution in [-0.2, 0) is 6.54 Å². The molecule has 17 heavy (non-hydrogen) atoms. The average molecular weight is 294 g/mol. The summed E-state index contributed by atoms with van der Waals surface area (Å²) in [5, 5.41) is 3.01. The topological polar surface area (TPSA) is 47.0 Å². The predicted molar refractivity (Wildman–Crippen MR) is 69.0 cm³/mol. The van der Waals surface area contributed by atoms with Crippen LogP contribution in [-0.4, -0.2) is 17.0 Å². The summed E-state index contributed by atoms with van der Waals surface area (Å²) in [5.74, 6) is 1.21. The highest BCUT2D eigenvalue weighted by Crippen LogP contribution is 2.27. The van der Waals surface area contributed by atoms with E-state index in [-0.39, 0.29) is 0 Å². The number of ether oxygens (including phenoxy) is 1. The third-order valence-corrected chi connectivity index (χ3v) is 2.75. The summed E-state index contributed by atoms with van der Waals surface area (Å²) in [4.78, 5) is 8.42. The predicted octanol–water partition coefficient (Wildman–Crippen LogP) is 2.75. The Kier molecular flexibility index (Phi) is 4.06. The molecule has 5 heteroatoms. The number of halogens is 1. The summed E-state index contributed by atoms with van der Waals surface area (Å²) in [6.45, 7) is 0.697. The van der Waals surface area contributed by atoms with Crippen molar-refractivity contribution in [2.45, 2.75) is 6.54 Å². The van der Waals surface area contributed by atoms with E-state index in [9.17, 15) is 0 Å². The van der Waals surface area contributed by atoms with Crippen LogP contribution < -0.4 is 10.1 Å². The summed E-state index contributed by atoms with van der Waals surface area (Å²) >= 11 is 3.41. The number of hydrogen-bond acceptors (Lipinski definition) is 4. The molecule has 88 valence electrons. The van der Waals surface area contributed by atoms with Crippen molar-refractivity contribution in [3.8, 4) is 11.6 Å². The molecule has 0 aliphatic heterocycles. The van der Waals surface area contributed by atoms with Gasteiger partial charge in [0.1, 0.15) is 5.75 Å². The summed E-state index contributed by atoms with van der Waals surface area (Å²) in [5.41, 5.74) is 0.881. The highest BCUT2D eigenvalue weighted by atomic mass is 79.9. The maximum atomic E-state index is 5.60. The molecule has 2 rings (SSSR count). The molecule has 0 saturated carbocycles. The highest BCUT2D eigenvalue weighted by Gasteiger charge is 2.03. The minimum absolute atomic E-state index is 0.483. The van der Waals surface area contributed by atoms with Gasteiger partial charge in [0.05, 0.1) is 22.6 Å². The van der Waals surface area contributed by atoms with Gasteiger partial charge in [-0.15, -0.1) is 0 Å². The van der Waals surface area contributed by atoms with Crippen molar-refractivity contribution in [3.05, 3.63) is 46.8 Å². The van der Waals surface area contributed by atoms with Crippen molar-refractivity contribution >= 4 is 15.9 Å². The molecular weight excluding hydrogens is 282 g/mol. The SMILES string of the molecule is CNCc1cnc(Oc2ccccc2Br)cn1. The Hall–Kier alpha value is -1.46. The number of nitrogens with one attached hydrogen (secondary N) is 1. The molecule has 0 aliphatic carbocycles. The third kappa shape index (κ3) is 3.25. The summed E-state index contributed by atoms with van der Waals surface area (Å²) < 4.78 is 6.49. The minimum atomic E-state index is 0.483. The summed E-state index contributed by atoms with van der Waals surface area (Å²) in [6, 6.07) is 7.62. The Morgan fingerprint density at radius 1 is 1.24 bits per heavy atom. The largest absolute Gasteiger partial charge is 0.436 e. The van der Waals surface area contributed by atoms with Gasteiger partial charge in [-0.1, -0.05) is 12.1 Å². The van der Waals surface area contributed by atoms with Crippen LogP contribution in [0.3, 0.4) is 0 Å². The van der Waals surface area contributed by atoms with E-state index in [0.29, 0.717) is 12.4 Å². The molecule has 0 unspecified atom stereocenters. The van der Waals surface area contributed by atoms with Crippen LogP contribution in [0.15, 0.2) is 41.1 Å². The second kappa shape index (κ2) is 5.75. The molecule has 1 aromatic heterocycles. The summed E-state index contributed by atoms with van der Waals surface area (Å²) in [7, 11) is 1.87. The van der Waals surface area contributed by atoms with E-state index < -0.39 is 0 Å². The van der Waals surface area contributed by atoms with Crippen LogP contribution in [0.1, 0.15) is 5.69 Å². The van der Waals surface area contributed by atoms with Crippen LogP contribution in [0.5, 0.6) is 11.6 Å². The van der Waals surface area contributed by atoms with Gasteiger partial charge in [-0.05, 0) is 35.1 Å². The number of nitrogens with zero attached hydrogens (tertiary/aromatic N) is 2. The monoisotopic (exact) mass is 293 g/mol. The first-order chi connectivity index (χ1) is 8.29. The van der Waals surface area contributed by atoms with Gasteiger partial charge in [0, 0.05) is 6.54 Å². The Morgan fingerprint density at radius 3 is 2.71 bits per heavy atom. The van der Waals surface area contributed by atoms with Gasteiger partial charge in [-0.3, -0.25) is 4.98 Å². The van der Waals surface area contributed by atoms with Crippen molar-refractivity contribution in [1.29, 1.82) is 0 Å². The first-order valence-corrected chi connectivity index (χ1v) is 5.97. The van der Waals surface area contributed by atoms with Gasteiger partial charge < -0.3 is 10.1 Å². The van der Waals surface area contributed by atoms with Gasteiger partial charge in [0.25, 0.3) is 0 Å². The van der Waals surface area contributed by atoms with Gasteiger partial charge in [0.15, 0.2) is 0 Å². The standard InChI is InChI=1S/C12H12BrN3O/c1-14-6-9-7-16-12(8-15-9)17-11-5-3-2-4-10(11)13/h2-5,7-8,14H,6H2,1H3. The maximum Gasteiger partial charge on any atom is 0.237 e. The zero-order chi connectivity index (χ0) is 12.1. The molecule has 2 aromatic rings. The molecular formula is C12H12BrN3O. The van der Waals surface area contributed by atoms with Crippen LogP contribution in [0.25, 0.3) is 0 Å². The van der Waals surface area contributed by atoms with Crippen molar-refractivity contribution in [3.63, 3.8) is 0 Å². The third-order valence-electron chi connectivity index (χ3n) is 2.09. The number of aromatic nitrogens is 2. The first-order valence-electron chi connectivity index (χ1n) is 5.17. The maximum absolute atomic E-state index is 5.60. The lowest BCUT2D eigenvalue weighted by molar-refractivity contribution is 0.456. The zero-order valence-corrected chi connectivity index (χ0v) is 10.9. The molecule has 1 aromatic carbocycles. The Labute approximate surface area is 108 Å². The molecule has 0 atom stereocenters. The zero-order valence-electron chi connectivity index (χ0n) is 9.35. The molecule has 0 aliphatic rings. The van der Waals surface area contributed by atoms with E-state index in [0.717, 1.165) is 15.9 Å². The molecule has 0 amide bonds. The molecule has 4 nitrogen and oxygen atoms in total. The van der Waals surface area contributed by atoms with Crippen molar-refractivity contribution in [2.75, 3.05) is 7.05 Å². The van der Waals surface area contributed by atoms with Crippen LogP contribution in [0.4, 0.5) is 0 Å². The number of benzene rings is 1. The summed E-state index contributed by atoms with van der Waals surface area (Å²) in [6.07, 6.45) is 3.31. The van der Waals surface area contributed by atoms with E-state index in [1.165, 1.54) is 0 Å². The lowest BCUT2D eigenvalue weighted by Crippen LogP contribution is -2.07. The van der Waals surface area contributed by atoms with Gasteiger partial charge in [-0.2, -0.15) is 0 Å². The highest BCUT2D eigenvalue weighted by molar-refractivity contribution is 9.10. The molecule has 0 bridgehead atoms. The molecule has 0 spiro atoms. The van der Waals surface area contributed by atoms with Gasteiger partial charge in [-0.25, -0.2) is 4.98 Å². The number of hydrogen-bond donors (Lipinski definition) is 1. The Morgan fingerprint density at radius 2 is 2.06 bits per heavy atom. The fourth-order valence-electron chi connectivity index (χ4n) is 1.31. The quantitative estimate of drug-likeness (QED) is 0.942. The number of para-hydroxylation sites is 1.